The van der Waals surface area contributed by atoms with Crippen molar-refractivity contribution in [3.05, 3.63) is 35.9 Å². The van der Waals surface area contributed by atoms with E-state index in [2.05, 4.69) is 35.4 Å². The molecule has 0 heterocycles. The van der Waals surface area contributed by atoms with Crippen LogP contribution in [0.15, 0.2) is 30.3 Å². The van der Waals surface area contributed by atoms with Crippen LogP contribution in [0.2, 0.25) is 0 Å². The highest BCUT2D eigenvalue weighted by molar-refractivity contribution is 8.03. The van der Waals surface area contributed by atoms with Crippen molar-refractivity contribution < 1.29 is 0 Å². The molecular weight excluding hydrogens is 164 g/mol. The van der Waals surface area contributed by atoms with E-state index in [1.807, 2.05) is 13.0 Å². The number of benzene rings is 1. The van der Waals surface area contributed by atoms with Crippen LogP contribution in [0.5, 0.6) is 0 Å². The van der Waals surface area contributed by atoms with Gasteiger partial charge in [-0.1, -0.05) is 48.0 Å². The monoisotopic (exact) mass is 176 g/mol. The highest BCUT2D eigenvalue weighted by Crippen LogP contribution is 2.04. The van der Waals surface area contributed by atoms with E-state index in [0.29, 0.717) is 0 Å². The van der Waals surface area contributed by atoms with Crippen LogP contribution in [0.1, 0.15) is 12.5 Å². The standard InChI is InChI=1S/C11H12S/c1-2-9-12-10-8-11-6-4-3-5-7-11/h3-7H,8,10H2,1H3. The fourth-order valence-electron chi connectivity index (χ4n) is 0.937. The molecule has 1 rings (SSSR count). The molecule has 12 heavy (non-hydrogen) atoms. The maximum absolute atomic E-state index is 2.99. The first-order valence-corrected chi connectivity index (χ1v) is 4.99. The maximum atomic E-state index is 2.99. The molecule has 0 nitrogen and oxygen atoms in total. The fraction of sp³-hybridized carbons (Fsp3) is 0.273. The van der Waals surface area contributed by atoms with Crippen molar-refractivity contribution in [2.75, 3.05) is 5.75 Å². The fourth-order valence-corrected chi connectivity index (χ4v) is 1.52. The van der Waals surface area contributed by atoms with Crippen molar-refractivity contribution >= 4 is 11.8 Å². The molecule has 0 amide bonds. The van der Waals surface area contributed by atoms with Gasteiger partial charge in [0.05, 0.1) is 0 Å². The van der Waals surface area contributed by atoms with Crippen LogP contribution >= 0.6 is 11.8 Å². The first-order valence-electron chi connectivity index (χ1n) is 4.01. The molecule has 1 heteroatoms. The Labute approximate surface area is 78.4 Å². The molecule has 0 aliphatic heterocycles. The van der Waals surface area contributed by atoms with E-state index >= 15 is 0 Å². The molecule has 0 N–H and O–H groups in total. The molecule has 62 valence electrons. The largest absolute Gasteiger partial charge is 0.0947 e. The molecule has 0 aliphatic rings. The molecule has 0 atom stereocenters. The third kappa shape index (κ3) is 3.50. The average molecular weight is 176 g/mol. The summed E-state index contributed by atoms with van der Waals surface area (Å²) in [5.74, 6) is 3.96. The van der Waals surface area contributed by atoms with Crippen LogP contribution in [-0.4, -0.2) is 5.75 Å². The summed E-state index contributed by atoms with van der Waals surface area (Å²) in [6.07, 6.45) is 1.11. The second-order valence-electron chi connectivity index (χ2n) is 2.44. The number of hydrogen-bond donors (Lipinski definition) is 0. The van der Waals surface area contributed by atoms with Crippen molar-refractivity contribution in [2.45, 2.75) is 13.3 Å². The summed E-state index contributed by atoms with van der Waals surface area (Å²) in [5.41, 5.74) is 1.39. The second kappa shape index (κ2) is 5.74. The van der Waals surface area contributed by atoms with E-state index in [9.17, 15) is 0 Å². The summed E-state index contributed by atoms with van der Waals surface area (Å²) in [4.78, 5) is 0. The van der Waals surface area contributed by atoms with Gasteiger partial charge in [0.25, 0.3) is 0 Å². The molecule has 1 aromatic carbocycles. The van der Waals surface area contributed by atoms with Crippen LogP contribution in [0.3, 0.4) is 0 Å². The van der Waals surface area contributed by atoms with Gasteiger partial charge in [0.1, 0.15) is 0 Å². The third-order valence-electron chi connectivity index (χ3n) is 1.51. The molecule has 0 aliphatic carbocycles. The lowest BCUT2D eigenvalue weighted by molar-refractivity contribution is 1.16. The highest BCUT2D eigenvalue weighted by Gasteiger charge is 1.89. The SMILES string of the molecule is CC#CSCCc1ccccc1. The number of rotatable bonds is 3. The minimum Gasteiger partial charge on any atom is -0.0947 e. The predicted octanol–water partition coefficient (Wildman–Crippen LogP) is 2.94. The Bertz CT molecular complexity index is 266. The zero-order chi connectivity index (χ0) is 8.65. The van der Waals surface area contributed by atoms with Crippen LogP contribution in [0.25, 0.3) is 0 Å². The van der Waals surface area contributed by atoms with Crippen molar-refractivity contribution in [1.82, 2.24) is 0 Å². The van der Waals surface area contributed by atoms with E-state index < -0.39 is 0 Å². The normalized spacial score (nSPS) is 8.75. The molecule has 1 aromatic rings. The molecule has 0 aromatic heterocycles. The Morgan fingerprint density at radius 2 is 2.00 bits per heavy atom. The molecule has 0 radical (unpaired) electrons. The highest BCUT2D eigenvalue weighted by atomic mass is 32.2. The Hall–Kier alpha value is -0.870. The summed E-state index contributed by atoms with van der Waals surface area (Å²) >= 11 is 1.69. The zero-order valence-electron chi connectivity index (χ0n) is 7.21. The van der Waals surface area contributed by atoms with Gasteiger partial charge in [-0.2, -0.15) is 0 Å². The number of aryl methyl sites for hydroxylation is 1. The third-order valence-corrected chi connectivity index (χ3v) is 2.27. The summed E-state index contributed by atoms with van der Waals surface area (Å²) < 4.78 is 0. The van der Waals surface area contributed by atoms with Gasteiger partial charge < -0.3 is 0 Å². The van der Waals surface area contributed by atoms with Gasteiger partial charge in [-0.15, -0.1) is 0 Å². The summed E-state index contributed by atoms with van der Waals surface area (Å²) in [5, 5.41) is 2.99. The number of thioether (sulfide) groups is 1. The van der Waals surface area contributed by atoms with Gasteiger partial charge in [0.15, 0.2) is 0 Å². The van der Waals surface area contributed by atoms with Gasteiger partial charge in [-0.3, -0.25) is 0 Å². The van der Waals surface area contributed by atoms with Crippen LogP contribution in [-0.2, 0) is 6.42 Å². The van der Waals surface area contributed by atoms with E-state index in [1.54, 1.807) is 11.8 Å². The van der Waals surface area contributed by atoms with Crippen molar-refractivity contribution in [2.24, 2.45) is 0 Å². The summed E-state index contributed by atoms with van der Waals surface area (Å²) in [7, 11) is 0. The minimum absolute atomic E-state index is 1.09. The molecule has 0 fully saturated rings. The topological polar surface area (TPSA) is 0 Å². The van der Waals surface area contributed by atoms with E-state index in [-0.39, 0.29) is 0 Å². The quantitative estimate of drug-likeness (QED) is 0.504. The molecule has 0 spiro atoms. The lowest BCUT2D eigenvalue weighted by Crippen LogP contribution is -1.85. The van der Waals surface area contributed by atoms with Crippen molar-refractivity contribution in [3.63, 3.8) is 0 Å². The van der Waals surface area contributed by atoms with Gasteiger partial charge in [0.2, 0.25) is 0 Å². The maximum Gasteiger partial charge on any atom is 0.00972 e. The van der Waals surface area contributed by atoms with Gasteiger partial charge in [-0.05, 0) is 24.2 Å². The van der Waals surface area contributed by atoms with Gasteiger partial charge >= 0.3 is 0 Å². The predicted molar refractivity (Wildman–Crippen MR) is 56.1 cm³/mol. The Balaban J connectivity index is 2.27. The summed E-state index contributed by atoms with van der Waals surface area (Å²) in [6, 6.07) is 10.5. The van der Waals surface area contributed by atoms with Crippen LogP contribution in [0, 0.1) is 11.2 Å². The molecule has 0 saturated carbocycles. The van der Waals surface area contributed by atoms with Gasteiger partial charge in [0, 0.05) is 5.75 Å². The Morgan fingerprint density at radius 1 is 1.25 bits per heavy atom. The smallest absolute Gasteiger partial charge is 0.00972 e. The number of hydrogen-bond acceptors (Lipinski definition) is 1. The summed E-state index contributed by atoms with van der Waals surface area (Å²) in [6.45, 7) is 1.87. The second-order valence-corrected chi connectivity index (χ2v) is 3.34. The van der Waals surface area contributed by atoms with Gasteiger partial charge in [-0.25, -0.2) is 0 Å². The molecular formula is C11H12S. The molecule has 0 unspecified atom stereocenters. The molecule has 0 saturated heterocycles. The zero-order valence-corrected chi connectivity index (χ0v) is 8.03. The van der Waals surface area contributed by atoms with Crippen molar-refractivity contribution in [3.8, 4) is 11.2 Å². The minimum atomic E-state index is 1.09. The van der Waals surface area contributed by atoms with Crippen LogP contribution in [0.4, 0.5) is 0 Å². The first-order chi connectivity index (χ1) is 5.93. The van der Waals surface area contributed by atoms with E-state index in [0.717, 1.165) is 12.2 Å². The first kappa shape index (κ1) is 9.22. The van der Waals surface area contributed by atoms with E-state index in [1.165, 1.54) is 5.56 Å². The average Bonchev–Trinajstić information content (AvgIpc) is 2.14. The Morgan fingerprint density at radius 3 is 2.67 bits per heavy atom. The van der Waals surface area contributed by atoms with Crippen LogP contribution < -0.4 is 0 Å². The van der Waals surface area contributed by atoms with E-state index in [4.69, 9.17) is 0 Å². The lowest BCUT2D eigenvalue weighted by Gasteiger charge is -1.96. The van der Waals surface area contributed by atoms with Crippen molar-refractivity contribution in [1.29, 1.82) is 0 Å². The lowest BCUT2D eigenvalue weighted by atomic mass is 10.2. The Kier molecular flexibility index (Phi) is 4.41. The molecule has 0 bridgehead atoms.